The lowest BCUT2D eigenvalue weighted by molar-refractivity contribution is 0.139. The minimum atomic E-state index is -0.822. The van der Waals surface area contributed by atoms with Crippen molar-refractivity contribution in [2.45, 2.75) is 31.8 Å². The van der Waals surface area contributed by atoms with Gasteiger partial charge in [-0.2, -0.15) is 0 Å². The maximum atomic E-state index is 13.9. The van der Waals surface area contributed by atoms with E-state index in [1.807, 2.05) is 25.1 Å². The molecule has 98 valence electrons. The number of pyridine rings is 1. The number of hydrogen-bond acceptors (Lipinski definition) is 2. The lowest BCUT2D eigenvalue weighted by Gasteiger charge is -2.19. The Balaban J connectivity index is 1.95. The molecule has 2 nitrogen and oxygen atoms in total. The molecule has 2 unspecified atom stereocenters. The summed E-state index contributed by atoms with van der Waals surface area (Å²) < 4.78 is 13.9. The molecule has 1 aliphatic rings. The molecule has 3 heteroatoms. The van der Waals surface area contributed by atoms with Crippen LogP contribution in [-0.2, 0) is 6.42 Å². The second kappa shape index (κ2) is 4.74. The van der Waals surface area contributed by atoms with Gasteiger partial charge < -0.3 is 5.11 Å². The molecule has 2 atom stereocenters. The molecule has 1 aromatic carbocycles. The van der Waals surface area contributed by atoms with Crippen LogP contribution in [0.3, 0.4) is 0 Å². The van der Waals surface area contributed by atoms with E-state index in [4.69, 9.17) is 0 Å². The molecule has 1 N–H and O–H groups in total. The summed E-state index contributed by atoms with van der Waals surface area (Å²) in [6.45, 7) is 1.84. The predicted molar refractivity (Wildman–Crippen MR) is 71.4 cm³/mol. The molecule has 0 aliphatic heterocycles. The molecule has 1 aromatic heterocycles. The Hall–Kier alpha value is -1.74. The lowest BCUT2D eigenvalue weighted by Crippen LogP contribution is -2.11. The van der Waals surface area contributed by atoms with Crippen LogP contribution in [0.4, 0.5) is 4.39 Å². The van der Waals surface area contributed by atoms with Gasteiger partial charge in [-0.1, -0.05) is 18.2 Å². The van der Waals surface area contributed by atoms with Gasteiger partial charge in [0.25, 0.3) is 0 Å². The SMILES string of the molecule is Cc1ccc(C(O)C2CCc3cccnc32)c(F)c1. The predicted octanol–water partition coefficient (Wildman–Crippen LogP) is 3.29. The highest BCUT2D eigenvalue weighted by atomic mass is 19.1. The van der Waals surface area contributed by atoms with Gasteiger partial charge in [-0.3, -0.25) is 4.98 Å². The van der Waals surface area contributed by atoms with Gasteiger partial charge in [-0.25, -0.2) is 4.39 Å². The number of fused-ring (bicyclic) bond motifs is 1. The third kappa shape index (κ3) is 2.15. The summed E-state index contributed by atoms with van der Waals surface area (Å²) in [5, 5.41) is 10.5. The number of rotatable bonds is 2. The van der Waals surface area contributed by atoms with Crippen molar-refractivity contribution >= 4 is 0 Å². The van der Waals surface area contributed by atoms with E-state index in [0.717, 1.165) is 24.1 Å². The van der Waals surface area contributed by atoms with E-state index in [1.54, 1.807) is 12.3 Å². The van der Waals surface area contributed by atoms with E-state index >= 15 is 0 Å². The molecule has 0 radical (unpaired) electrons. The molecule has 3 rings (SSSR count). The second-order valence-corrected chi connectivity index (χ2v) is 5.16. The lowest BCUT2D eigenvalue weighted by atomic mass is 9.92. The molecule has 19 heavy (non-hydrogen) atoms. The summed E-state index contributed by atoms with van der Waals surface area (Å²) in [5.74, 6) is -0.440. The highest BCUT2D eigenvalue weighted by Gasteiger charge is 2.31. The fourth-order valence-electron chi connectivity index (χ4n) is 2.84. The van der Waals surface area contributed by atoms with Crippen LogP contribution in [0.15, 0.2) is 36.5 Å². The van der Waals surface area contributed by atoms with Crippen LogP contribution in [0.25, 0.3) is 0 Å². The number of benzene rings is 1. The normalized spacial score (nSPS) is 19.2. The Labute approximate surface area is 111 Å². The molecular weight excluding hydrogens is 241 g/mol. The zero-order valence-corrected chi connectivity index (χ0v) is 10.8. The zero-order valence-electron chi connectivity index (χ0n) is 10.8. The van der Waals surface area contributed by atoms with Crippen LogP contribution >= 0.6 is 0 Å². The number of nitrogens with zero attached hydrogens (tertiary/aromatic N) is 1. The van der Waals surface area contributed by atoms with Crippen LogP contribution in [-0.4, -0.2) is 10.1 Å². The topological polar surface area (TPSA) is 33.1 Å². The average molecular weight is 257 g/mol. The van der Waals surface area contributed by atoms with Gasteiger partial charge in [0.05, 0.1) is 6.10 Å². The van der Waals surface area contributed by atoms with Gasteiger partial charge in [0, 0.05) is 23.4 Å². The molecule has 1 heterocycles. The molecule has 0 fully saturated rings. The highest BCUT2D eigenvalue weighted by Crippen LogP contribution is 2.40. The number of hydrogen-bond donors (Lipinski definition) is 1. The first-order valence-electron chi connectivity index (χ1n) is 6.54. The molecule has 2 aromatic rings. The Kier molecular flexibility index (Phi) is 3.07. The summed E-state index contributed by atoms with van der Waals surface area (Å²) in [6.07, 6.45) is 2.63. The van der Waals surface area contributed by atoms with E-state index in [9.17, 15) is 9.50 Å². The average Bonchev–Trinajstić information content (AvgIpc) is 2.82. The first-order valence-corrected chi connectivity index (χ1v) is 6.54. The van der Waals surface area contributed by atoms with Crippen LogP contribution in [0.5, 0.6) is 0 Å². The van der Waals surface area contributed by atoms with E-state index in [0.29, 0.717) is 5.56 Å². The van der Waals surface area contributed by atoms with Crippen LogP contribution in [0.1, 0.15) is 40.8 Å². The molecule has 0 saturated heterocycles. The number of aryl methyl sites for hydroxylation is 2. The fourth-order valence-corrected chi connectivity index (χ4v) is 2.84. The van der Waals surface area contributed by atoms with Crippen molar-refractivity contribution in [3.05, 3.63) is 64.7 Å². The summed E-state index contributed by atoms with van der Waals surface area (Å²) in [5.41, 5.74) is 3.31. The summed E-state index contributed by atoms with van der Waals surface area (Å²) >= 11 is 0. The Morgan fingerprint density at radius 2 is 2.21 bits per heavy atom. The highest BCUT2D eigenvalue weighted by molar-refractivity contribution is 5.34. The number of aromatic nitrogens is 1. The summed E-state index contributed by atoms with van der Waals surface area (Å²) in [7, 11) is 0. The number of aliphatic hydroxyl groups excluding tert-OH is 1. The molecule has 0 bridgehead atoms. The molecule has 0 spiro atoms. The van der Waals surface area contributed by atoms with E-state index < -0.39 is 6.10 Å². The van der Waals surface area contributed by atoms with E-state index in [1.165, 1.54) is 11.6 Å². The van der Waals surface area contributed by atoms with Crippen molar-refractivity contribution in [1.82, 2.24) is 4.98 Å². The Morgan fingerprint density at radius 1 is 1.37 bits per heavy atom. The van der Waals surface area contributed by atoms with Crippen molar-refractivity contribution in [2.24, 2.45) is 0 Å². The maximum absolute atomic E-state index is 13.9. The summed E-state index contributed by atoms with van der Waals surface area (Å²) in [4.78, 5) is 4.35. The Bertz CT molecular complexity index is 611. The smallest absolute Gasteiger partial charge is 0.129 e. The number of halogens is 1. The monoisotopic (exact) mass is 257 g/mol. The standard InChI is InChI=1S/C16H16FNO/c1-10-4-6-12(14(17)9-10)16(19)13-7-5-11-3-2-8-18-15(11)13/h2-4,6,8-9,13,16,19H,5,7H2,1H3. The van der Waals surface area contributed by atoms with Crippen molar-refractivity contribution < 1.29 is 9.50 Å². The van der Waals surface area contributed by atoms with Gasteiger partial charge in [0.15, 0.2) is 0 Å². The van der Waals surface area contributed by atoms with Crippen molar-refractivity contribution in [3.63, 3.8) is 0 Å². The molecule has 1 aliphatic carbocycles. The van der Waals surface area contributed by atoms with Crippen LogP contribution < -0.4 is 0 Å². The van der Waals surface area contributed by atoms with Gasteiger partial charge in [-0.05, 0) is 43.0 Å². The maximum Gasteiger partial charge on any atom is 0.129 e. The van der Waals surface area contributed by atoms with Crippen molar-refractivity contribution in [3.8, 4) is 0 Å². The first-order chi connectivity index (χ1) is 9.16. The fraction of sp³-hybridized carbons (Fsp3) is 0.312. The van der Waals surface area contributed by atoms with Crippen LogP contribution in [0.2, 0.25) is 0 Å². The third-order valence-electron chi connectivity index (χ3n) is 3.86. The van der Waals surface area contributed by atoms with Gasteiger partial charge in [-0.15, -0.1) is 0 Å². The zero-order chi connectivity index (χ0) is 13.4. The van der Waals surface area contributed by atoms with Crippen molar-refractivity contribution in [1.29, 1.82) is 0 Å². The molecule has 0 saturated carbocycles. The second-order valence-electron chi connectivity index (χ2n) is 5.16. The van der Waals surface area contributed by atoms with Crippen molar-refractivity contribution in [2.75, 3.05) is 0 Å². The summed E-state index contributed by atoms with van der Waals surface area (Å²) in [6, 6.07) is 8.90. The largest absolute Gasteiger partial charge is 0.388 e. The van der Waals surface area contributed by atoms with Gasteiger partial charge in [0.2, 0.25) is 0 Å². The molecular formula is C16H16FNO. The van der Waals surface area contributed by atoms with Gasteiger partial charge >= 0.3 is 0 Å². The van der Waals surface area contributed by atoms with E-state index in [2.05, 4.69) is 4.98 Å². The quantitative estimate of drug-likeness (QED) is 0.895. The minimum Gasteiger partial charge on any atom is -0.388 e. The van der Waals surface area contributed by atoms with E-state index in [-0.39, 0.29) is 11.7 Å². The van der Waals surface area contributed by atoms with Crippen LogP contribution in [0, 0.1) is 12.7 Å². The number of aliphatic hydroxyl groups is 1. The third-order valence-corrected chi connectivity index (χ3v) is 3.86. The minimum absolute atomic E-state index is 0.103. The van der Waals surface area contributed by atoms with Gasteiger partial charge in [0.1, 0.15) is 5.82 Å². The first kappa shape index (κ1) is 12.3. The molecule has 0 amide bonds. The Morgan fingerprint density at radius 3 is 3.00 bits per heavy atom.